The molecular formula is C52H31N5O. The van der Waals surface area contributed by atoms with Crippen LogP contribution in [0.5, 0.6) is 0 Å². The quantitative estimate of drug-likeness (QED) is 0.164. The molecule has 0 N–H and O–H groups in total. The number of aromatic nitrogens is 5. The molecule has 0 spiro atoms. The molecule has 0 bridgehead atoms. The molecule has 3 heterocycles. The summed E-state index contributed by atoms with van der Waals surface area (Å²) in [5, 5.41) is 9.00. The van der Waals surface area contributed by atoms with E-state index in [9.17, 15) is 0 Å². The lowest BCUT2D eigenvalue weighted by atomic mass is 9.95. The van der Waals surface area contributed by atoms with E-state index in [4.69, 9.17) is 24.4 Å². The monoisotopic (exact) mass is 741 g/mol. The second-order valence-corrected chi connectivity index (χ2v) is 14.7. The molecule has 0 atom stereocenters. The van der Waals surface area contributed by atoms with Crippen LogP contribution in [0, 0.1) is 0 Å². The van der Waals surface area contributed by atoms with Crippen molar-refractivity contribution in [2.24, 2.45) is 0 Å². The predicted molar refractivity (Wildman–Crippen MR) is 236 cm³/mol. The molecule has 12 rings (SSSR count). The van der Waals surface area contributed by atoms with Crippen molar-refractivity contribution in [3.8, 4) is 51.3 Å². The Bertz CT molecular complexity index is 3560. The van der Waals surface area contributed by atoms with E-state index in [2.05, 4.69) is 126 Å². The third-order valence-electron chi connectivity index (χ3n) is 11.2. The Balaban J connectivity index is 1.05. The molecule has 270 valence electrons. The minimum absolute atomic E-state index is 0.609. The average Bonchev–Trinajstić information content (AvgIpc) is 3.89. The zero-order chi connectivity index (χ0) is 38.2. The smallest absolute Gasteiger partial charge is 0.227 e. The molecule has 0 aliphatic carbocycles. The molecule has 6 heteroatoms. The molecule has 9 aromatic carbocycles. The Morgan fingerprint density at radius 1 is 0.362 bits per heavy atom. The molecule has 0 aliphatic heterocycles. The van der Waals surface area contributed by atoms with Gasteiger partial charge in [-0.15, -0.1) is 0 Å². The van der Waals surface area contributed by atoms with Crippen molar-refractivity contribution in [1.82, 2.24) is 24.5 Å². The maximum Gasteiger partial charge on any atom is 0.227 e. The van der Waals surface area contributed by atoms with Gasteiger partial charge in [0.25, 0.3) is 0 Å². The zero-order valence-electron chi connectivity index (χ0n) is 31.0. The number of para-hydroxylation sites is 2. The van der Waals surface area contributed by atoms with E-state index in [1.165, 1.54) is 10.8 Å². The fourth-order valence-electron chi connectivity index (χ4n) is 8.51. The Hall–Kier alpha value is -7.96. The number of nitrogens with zero attached hydrogens (tertiary/aromatic N) is 5. The maximum atomic E-state index is 6.56. The topological polar surface area (TPSA) is 69.6 Å². The summed E-state index contributed by atoms with van der Waals surface area (Å²) in [6.45, 7) is 0. The lowest BCUT2D eigenvalue weighted by molar-refractivity contribution is 0.623. The van der Waals surface area contributed by atoms with Crippen LogP contribution in [-0.2, 0) is 0 Å². The Kier molecular flexibility index (Phi) is 7.13. The molecule has 12 aromatic rings. The SMILES string of the molecule is c1ccc(-c2nc(-c3ccc4c(ccc5ccc6ccc7nc(-c8ccccc8)oc7c6c54)c3)nc(-c3ccc4c5ccccc5n(-c5ccccc5)c4c3)n2)cc1. The number of oxazole rings is 1. The number of fused-ring (bicyclic) bond motifs is 10. The van der Waals surface area contributed by atoms with Gasteiger partial charge >= 0.3 is 0 Å². The molecule has 0 fully saturated rings. The minimum Gasteiger partial charge on any atom is -0.435 e. The molecule has 0 saturated heterocycles. The first-order valence-corrected chi connectivity index (χ1v) is 19.4. The number of benzene rings is 9. The first-order valence-electron chi connectivity index (χ1n) is 19.4. The molecule has 0 aliphatic rings. The van der Waals surface area contributed by atoms with Gasteiger partial charge in [0.15, 0.2) is 23.1 Å². The fourth-order valence-corrected chi connectivity index (χ4v) is 8.51. The van der Waals surface area contributed by atoms with Crippen LogP contribution in [0.3, 0.4) is 0 Å². The molecule has 0 amide bonds. The molecule has 58 heavy (non-hydrogen) atoms. The molecule has 6 nitrogen and oxygen atoms in total. The summed E-state index contributed by atoms with van der Waals surface area (Å²) in [4.78, 5) is 20.3. The van der Waals surface area contributed by atoms with Crippen molar-refractivity contribution >= 4 is 65.2 Å². The fraction of sp³-hybridized carbons (Fsp3) is 0. The van der Waals surface area contributed by atoms with Gasteiger partial charge in [0.05, 0.1) is 11.0 Å². The van der Waals surface area contributed by atoms with E-state index in [0.29, 0.717) is 23.4 Å². The van der Waals surface area contributed by atoms with Crippen molar-refractivity contribution in [2.45, 2.75) is 0 Å². The Morgan fingerprint density at radius 2 is 0.914 bits per heavy atom. The highest BCUT2D eigenvalue weighted by molar-refractivity contribution is 6.26. The highest BCUT2D eigenvalue weighted by Gasteiger charge is 2.19. The lowest BCUT2D eigenvalue weighted by Crippen LogP contribution is -2.00. The average molecular weight is 742 g/mol. The van der Waals surface area contributed by atoms with Gasteiger partial charge in [0, 0.05) is 49.5 Å². The van der Waals surface area contributed by atoms with Crippen molar-refractivity contribution in [3.63, 3.8) is 0 Å². The van der Waals surface area contributed by atoms with Gasteiger partial charge in [-0.3, -0.25) is 0 Å². The van der Waals surface area contributed by atoms with E-state index < -0.39 is 0 Å². The molecule has 3 aromatic heterocycles. The largest absolute Gasteiger partial charge is 0.435 e. The van der Waals surface area contributed by atoms with E-state index in [1.807, 2.05) is 66.7 Å². The first-order chi connectivity index (χ1) is 28.7. The summed E-state index contributed by atoms with van der Waals surface area (Å²) in [5.41, 5.74) is 8.67. The minimum atomic E-state index is 0.609. The maximum absolute atomic E-state index is 6.56. The highest BCUT2D eigenvalue weighted by atomic mass is 16.3. The van der Waals surface area contributed by atoms with E-state index in [-0.39, 0.29) is 0 Å². The Morgan fingerprint density at radius 3 is 1.66 bits per heavy atom. The van der Waals surface area contributed by atoms with Crippen LogP contribution in [0.4, 0.5) is 0 Å². The van der Waals surface area contributed by atoms with Crippen LogP contribution in [0.25, 0.3) is 117 Å². The van der Waals surface area contributed by atoms with E-state index >= 15 is 0 Å². The van der Waals surface area contributed by atoms with Gasteiger partial charge < -0.3 is 8.98 Å². The van der Waals surface area contributed by atoms with Crippen molar-refractivity contribution in [1.29, 1.82) is 0 Å². The summed E-state index contributed by atoms with van der Waals surface area (Å²) in [6, 6.07) is 65.2. The Labute approximate surface area is 332 Å². The third kappa shape index (κ3) is 5.12. The van der Waals surface area contributed by atoms with Gasteiger partial charge in [0.2, 0.25) is 5.89 Å². The van der Waals surface area contributed by atoms with Gasteiger partial charge in [-0.25, -0.2) is 19.9 Å². The van der Waals surface area contributed by atoms with Crippen molar-refractivity contribution in [3.05, 3.63) is 188 Å². The van der Waals surface area contributed by atoms with Crippen LogP contribution >= 0.6 is 0 Å². The number of rotatable bonds is 5. The summed E-state index contributed by atoms with van der Waals surface area (Å²) in [7, 11) is 0. The van der Waals surface area contributed by atoms with Crippen LogP contribution in [0.2, 0.25) is 0 Å². The van der Waals surface area contributed by atoms with Gasteiger partial charge in [-0.2, -0.15) is 0 Å². The van der Waals surface area contributed by atoms with Crippen LogP contribution < -0.4 is 0 Å². The summed E-state index contributed by atoms with van der Waals surface area (Å²) >= 11 is 0. The number of hydrogen-bond donors (Lipinski definition) is 0. The second kappa shape index (κ2) is 12.8. The lowest BCUT2D eigenvalue weighted by Gasteiger charge is -2.12. The van der Waals surface area contributed by atoms with Crippen LogP contribution in [-0.4, -0.2) is 24.5 Å². The first kappa shape index (κ1) is 32.3. The van der Waals surface area contributed by atoms with Gasteiger partial charge in [-0.1, -0.05) is 140 Å². The summed E-state index contributed by atoms with van der Waals surface area (Å²) < 4.78 is 8.88. The molecule has 0 unspecified atom stereocenters. The molecule has 0 saturated carbocycles. The highest BCUT2D eigenvalue weighted by Crippen LogP contribution is 2.40. The van der Waals surface area contributed by atoms with Crippen LogP contribution in [0.1, 0.15) is 0 Å². The standard InChI is InChI=1S/C52H31N5O/c1-4-12-34(13-5-1)49-54-50(56-51(55-49)38-25-28-42-41-18-10-11-19-44(41)57(45(42)31-38)39-16-8-3-9-17-39)37-24-27-40-36(30-37)23-22-32-20-21-33-26-29-43-48(47(33)46(32)40)58-52(53-43)35-14-6-2-7-15-35/h1-31H. The number of hydrogen-bond acceptors (Lipinski definition) is 5. The third-order valence-corrected chi connectivity index (χ3v) is 11.2. The molecular weight excluding hydrogens is 711 g/mol. The van der Waals surface area contributed by atoms with Crippen molar-refractivity contribution in [2.75, 3.05) is 0 Å². The summed E-state index contributed by atoms with van der Waals surface area (Å²) in [6.07, 6.45) is 0. The predicted octanol–water partition coefficient (Wildman–Crippen LogP) is 13.2. The van der Waals surface area contributed by atoms with E-state index in [1.54, 1.807) is 0 Å². The van der Waals surface area contributed by atoms with Gasteiger partial charge in [0.1, 0.15) is 5.52 Å². The molecule has 0 radical (unpaired) electrons. The van der Waals surface area contributed by atoms with Crippen molar-refractivity contribution < 1.29 is 4.42 Å². The second-order valence-electron chi connectivity index (χ2n) is 14.7. The normalized spacial score (nSPS) is 11.8. The van der Waals surface area contributed by atoms with E-state index in [0.717, 1.165) is 82.4 Å². The zero-order valence-corrected chi connectivity index (χ0v) is 31.0. The van der Waals surface area contributed by atoms with Gasteiger partial charge in [-0.05, 0) is 70.1 Å². The summed E-state index contributed by atoms with van der Waals surface area (Å²) in [5.74, 6) is 2.46. The van der Waals surface area contributed by atoms with Crippen LogP contribution in [0.15, 0.2) is 192 Å².